The summed E-state index contributed by atoms with van der Waals surface area (Å²) in [5.74, 6) is -0.847. The Morgan fingerprint density at radius 3 is 1.52 bits per heavy atom. The second kappa shape index (κ2) is 38.9. The summed E-state index contributed by atoms with van der Waals surface area (Å²) < 4.78 is 32.7. The maximum atomic E-state index is 12.5. The van der Waals surface area contributed by atoms with E-state index in [2.05, 4.69) is 50.3 Å². The fourth-order valence-electron chi connectivity index (χ4n) is 5.60. The van der Waals surface area contributed by atoms with Crippen LogP contribution < -0.4 is 5.73 Å². The van der Waals surface area contributed by atoms with Crippen LogP contribution in [0, 0.1) is 0 Å². The molecule has 0 aliphatic rings. The maximum Gasteiger partial charge on any atom is 0.472 e. The number of esters is 2. The molecule has 0 fully saturated rings. The Labute approximate surface area is 318 Å². The molecule has 0 aliphatic heterocycles. The van der Waals surface area contributed by atoms with E-state index in [4.69, 9.17) is 24.3 Å². The lowest BCUT2D eigenvalue weighted by molar-refractivity contribution is -0.161. The van der Waals surface area contributed by atoms with Gasteiger partial charge in [-0.2, -0.15) is 0 Å². The Morgan fingerprint density at radius 2 is 1.00 bits per heavy atom. The number of ether oxygens (including phenoxy) is 2. The number of carbonyl (C=O) groups is 2. The van der Waals surface area contributed by atoms with Crippen LogP contribution in [0.3, 0.4) is 0 Å². The zero-order chi connectivity index (χ0) is 38.2. The number of nitrogens with two attached hydrogens (primary N) is 1. The summed E-state index contributed by atoms with van der Waals surface area (Å²) in [6.45, 7) is 3.68. The monoisotopic (exact) mass is 756 g/mol. The van der Waals surface area contributed by atoms with E-state index >= 15 is 0 Å². The predicted molar refractivity (Wildman–Crippen MR) is 215 cm³/mol. The van der Waals surface area contributed by atoms with Gasteiger partial charge in [-0.25, -0.2) is 4.57 Å². The standard InChI is InChI=1S/C42H78NO8P/c1-3-5-7-9-11-13-15-17-19-20-21-23-24-26-28-30-32-34-41(44)48-38-40(39-50-52(46,47)49-37-36-43)51-42(45)35-33-31-29-27-25-22-18-16-14-12-10-8-6-4-2/h11,13,16-19,40H,3-10,12,14-15,20-39,43H2,1-2H3,(H,46,47)/b13-11-,18-16-,19-17-/t40-/m1/s1. The first kappa shape index (κ1) is 50.2. The molecule has 0 radical (unpaired) electrons. The number of unbranched alkanes of at least 4 members (excludes halogenated alkanes) is 20. The Kier molecular flexibility index (Phi) is 37.6. The van der Waals surface area contributed by atoms with Crippen LogP contribution in [0.4, 0.5) is 0 Å². The van der Waals surface area contributed by atoms with E-state index in [-0.39, 0.29) is 32.6 Å². The zero-order valence-electron chi connectivity index (χ0n) is 33.3. The molecule has 0 saturated carbocycles. The lowest BCUT2D eigenvalue weighted by Crippen LogP contribution is -2.29. The first-order valence-electron chi connectivity index (χ1n) is 21.0. The Morgan fingerprint density at radius 1 is 0.577 bits per heavy atom. The molecule has 0 rings (SSSR count). The Bertz CT molecular complexity index is 954. The van der Waals surface area contributed by atoms with E-state index in [1.54, 1.807) is 0 Å². The van der Waals surface area contributed by atoms with Crippen molar-refractivity contribution in [1.29, 1.82) is 0 Å². The van der Waals surface area contributed by atoms with Crippen molar-refractivity contribution in [3.05, 3.63) is 36.5 Å². The van der Waals surface area contributed by atoms with Gasteiger partial charge in [-0.05, 0) is 70.6 Å². The van der Waals surface area contributed by atoms with E-state index in [9.17, 15) is 19.0 Å². The fourth-order valence-corrected chi connectivity index (χ4v) is 6.36. The molecule has 0 aromatic rings. The smallest absolute Gasteiger partial charge is 0.462 e. The average Bonchev–Trinajstić information content (AvgIpc) is 3.13. The van der Waals surface area contributed by atoms with Gasteiger partial charge < -0.3 is 20.1 Å². The molecule has 0 aromatic carbocycles. The molecular weight excluding hydrogens is 677 g/mol. The van der Waals surface area contributed by atoms with Gasteiger partial charge in [0.1, 0.15) is 6.61 Å². The van der Waals surface area contributed by atoms with Crippen molar-refractivity contribution in [2.24, 2.45) is 5.73 Å². The normalized spacial score (nSPS) is 13.7. The van der Waals surface area contributed by atoms with Crippen LogP contribution in [0.15, 0.2) is 36.5 Å². The lowest BCUT2D eigenvalue weighted by Gasteiger charge is -2.19. The van der Waals surface area contributed by atoms with Crippen molar-refractivity contribution in [3.8, 4) is 0 Å². The highest BCUT2D eigenvalue weighted by molar-refractivity contribution is 7.47. The first-order chi connectivity index (χ1) is 25.3. The number of hydrogen-bond acceptors (Lipinski definition) is 8. The van der Waals surface area contributed by atoms with Crippen LogP contribution in [0.1, 0.15) is 187 Å². The van der Waals surface area contributed by atoms with Crippen LogP contribution in [0.25, 0.3) is 0 Å². The molecule has 0 spiro atoms. The molecule has 0 heterocycles. The number of phosphoric acid groups is 1. The molecule has 0 aliphatic carbocycles. The third-order valence-electron chi connectivity index (χ3n) is 8.75. The molecule has 2 atom stereocenters. The highest BCUT2D eigenvalue weighted by Crippen LogP contribution is 2.43. The number of carbonyl (C=O) groups excluding carboxylic acids is 2. The van der Waals surface area contributed by atoms with Crippen LogP contribution in [-0.2, 0) is 32.7 Å². The van der Waals surface area contributed by atoms with E-state index in [1.807, 2.05) is 0 Å². The summed E-state index contributed by atoms with van der Waals surface area (Å²) in [7, 11) is -4.38. The largest absolute Gasteiger partial charge is 0.472 e. The Balaban J connectivity index is 4.19. The summed E-state index contributed by atoms with van der Waals surface area (Å²) in [5.41, 5.74) is 5.34. The van der Waals surface area contributed by atoms with Crippen molar-refractivity contribution in [2.45, 2.75) is 193 Å². The molecule has 0 amide bonds. The molecule has 10 heteroatoms. The minimum atomic E-state index is -4.38. The highest BCUT2D eigenvalue weighted by Gasteiger charge is 2.26. The third kappa shape index (κ3) is 38.0. The fraction of sp³-hybridized carbons (Fsp3) is 0.810. The molecule has 1 unspecified atom stereocenters. The maximum absolute atomic E-state index is 12.5. The van der Waals surface area contributed by atoms with Crippen LogP contribution in [0.2, 0.25) is 0 Å². The quantitative estimate of drug-likeness (QED) is 0.0272. The molecule has 0 saturated heterocycles. The summed E-state index contributed by atoms with van der Waals surface area (Å²) in [6.07, 6.45) is 41.7. The van der Waals surface area contributed by atoms with Crippen LogP contribution >= 0.6 is 7.82 Å². The molecule has 0 aromatic heterocycles. The third-order valence-corrected chi connectivity index (χ3v) is 9.73. The van der Waals surface area contributed by atoms with Gasteiger partial charge in [-0.3, -0.25) is 18.6 Å². The van der Waals surface area contributed by atoms with Crippen molar-refractivity contribution in [3.63, 3.8) is 0 Å². The summed E-state index contributed by atoms with van der Waals surface area (Å²) in [4.78, 5) is 34.8. The van der Waals surface area contributed by atoms with Gasteiger partial charge in [0.2, 0.25) is 0 Å². The second-order valence-electron chi connectivity index (χ2n) is 13.8. The van der Waals surface area contributed by atoms with E-state index in [0.29, 0.717) is 6.42 Å². The van der Waals surface area contributed by atoms with Crippen LogP contribution in [0.5, 0.6) is 0 Å². The lowest BCUT2D eigenvalue weighted by atomic mass is 10.1. The van der Waals surface area contributed by atoms with E-state index in [1.165, 1.54) is 83.5 Å². The number of phosphoric ester groups is 1. The van der Waals surface area contributed by atoms with E-state index < -0.39 is 32.5 Å². The van der Waals surface area contributed by atoms with Crippen molar-refractivity contribution in [2.75, 3.05) is 26.4 Å². The second-order valence-corrected chi connectivity index (χ2v) is 15.3. The van der Waals surface area contributed by atoms with Gasteiger partial charge in [0, 0.05) is 19.4 Å². The van der Waals surface area contributed by atoms with Gasteiger partial charge in [0.25, 0.3) is 0 Å². The number of rotatable bonds is 39. The Hall–Kier alpha value is -1.77. The van der Waals surface area contributed by atoms with Crippen molar-refractivity contribution >= 4 is 19.8 Å². The number of hydrogen-bond donors (Lipinski definition) is 2. The van der Waals surface area contributed by atoms with Crippen molar-refractivity contribution in [1.82, 2.24) is 0 Å². The van der Waals surface area contributed by atoms with Gasteiger partial charge in [-0.15, -0.1) is 0 Å². The molecule has 304 valence electrons. The summed E-state index contributed by atoms with van der Waals surface area (Å²) in [6, 6.07) is 0. The van der Waals surface area contributed by atoms with Crippen LogP contribution in [-0.4, -0.2) is 49.3 Å². The molecular formula is C42H78NO8P. The molecule has 9 nitrogen and oxygen atoms in total. The van der Waals surface area contributed by atoms with E-state index in [0.717, 1.165) is 70.6 Å². The minimum Gasteiger partial charge on any atom is -0.462 e. The summed E-state index contributed by atoms with van der Waals surface area (Å²) >= 11 is 0. The average molecular weight is 756 g/mol. The zero-order valence-corrected chi connectivity index (χ0v) is 34.2. The van der Waals surface area contributed by atoms with Crippen molar-refractivity contribution < 1.29 is 37.6 Å². The molecule has 3 N–H and O–H groups in total. The molecule has 0 bridgehead atoms. The summed E-state index contributed by atoms with van der Waals surface area (Å²) in [5, 5.41) is 0. The van der Waals surface area contributed by atoms with Gasteiger partial charge in [0.05, 0.1) is 13.2 Å². The minimum absolute atomic E-state index is 0.0506. The number of allylic oxidation sites excluding steroid dienone is 6. The van der Waals surface area contributed by atoms with Gasteiger partial charge in [0.15, 0.2) is 6.10 Å². The SMILES string of the molecule is CCCCC/C=C\C/C=C\CCCCCCCCCC(=O)OC[C@H](COP(=O)(O)OCCN)OC(=O)CCCCCCC/C=C\CCCCCCC. The van der Waals surface area contributed by atoms with Gasteiger partial charge >= 0.3 is 19.8 Å². The predicted octanol–water partition coefficient (Wildman–Crippen LogP) is 11.8. The van der Waals surface area contributed by atoms with Gasteiger partial charge in [-0.1, -0.05) is 140 Å². The highest BCUT2D eigenvalue weighted by atomic mass is 31.2. The molecule has 52 heavy (non-hydrogen) atoms. The first-order valence-corrected chi connectivity index (χ1v) is 22.5. The topological polar surface area (TPSA) is 134 Å².